The summed E-state index contributed by atoms with van der Waals surface area (Å²) in [6, 6.07) is 10.9. The first-order chi connectivity index (χ1) is 14.8. The van der Waals surface area contributed by atoms with Gasteiger partial charge in [0.25, 0.3) is 0 Å². The second kappa shape index (κ2) is 8.75. The lowest BCUT2D eigenvalue weighted by Crippen LogP contribution is -2.43. The molecule has 1 fully saturated rings. The van der Waals surface area contributed by atoms with Crippen molar-refractivity contribution in [1.29, 1.82) is 0 Å². The van der Waals surface area contributed by atoms with Gasteiger partial charge in [-0.2, -0.15) is 0 Å². The Morgan fingerprint density at radius 3 is 2.55 bits per heavy atom. The SMILES string of the molecule is Cc1cccc(C(=O)OC2CCC3C(=O)C(Oc4cc(C)c(Cl)c(C)c4)=COC3C2)c1. The van der Waals surface area contributed by atoms with Crippen molar-refractivity contribution >= 4 is 23.4 Å². The van der Waals surface area contributed by atoms with Gasteiger partial charge in [-0.1, -0.05) is 29.3 Å². The van der Waals surface area contributed by atoms with Crippen molar-refractivity contribution in [1.82, 2.24) is 0 Å². The third-order valence-corrected chi connectivity index (χ3v) is 6.43. The molecule has 1 heterocycles. The molecule has 162 valence electrons. The molecule has 1 saturated carbocycles. The number of carbonyl (C=O) groups is 2. The minimum absolute atomic E-state index is 0.0787. The number of hydrogen-bond acceptors (Lipinski definition) is 5. The molecule has 4 rings (SSSR count). The molecular formula is C25H25ClO5. The number of halogens is 1. The number of esters is 1. The normalized spacial score (nSPS) is 22.8. The summed E-state index contributed by atoms with van der Waals surface area (Å²) in [5.74, 6) is 0.0232. The summed E-state index contributed by atoms with van der Waals surface area (Å²) in [5, 5.41) is 0.686. The fourth-order valence-corrected chi connectivity index (χ4v) is 4.31. The molecule has 3 unspecified atom stereocenters. The summed E-state index contributed by atoms with van der Waals surface area (Å²) in [6.07, 6.45) is 2.45. The minimum Gasteiger partial charge on any atom is -0.493 e. The number of fused-ring (bicyclic) bond motifs is 1. The van der Waals surface area contributed by atoms with Crippen LogP contribution in [0.25, 0.3) is 0 Å². The Kier molecular flexibility index (Phi) is 6.05. The van der Waals surface area contributed by atoms with E-state index in [1.165, 1.54) is 6.26 Å². The van der Waals surface area contributed by atoms with Crippen molar-refractivity contribution in [3.63, 3.8) is 0 Å². The van der Waals surface area contributed by atoms with E-state index in [4.69, 9.17) is 25.8 Å². The summed E-state index contributed by atoms with van der Waals surface area (Å²) in [4.78, 5) is 25.4. The van der Waals surface area contributed by atoms with Gasteiger partial charge in [0.15, 0.2) is 0 Å². The van der Waals surface area contributed by atoms with E-state index in [2.05, 4.69) is 0 Å². The fourth-order valence-electron chi connectivity index (χ4n) is 4.20. The Labute approximate surface area is 186 Å². The number of hydrogen-bond donors (Lipinski definition) is 0. The van der Waals surface area contributed by atoms with Crippen LogP contribution in [0.5, 0.6) is 5.75 Å². The van der Waals surface area contributed by atoms with Crippen LogP contribution in [0, 0.1) is 26.7 Å². The van der Waals surface area contributed by atoms with Crippen LogP contribution in [-0.4, -0.2) is 24.0 Å². The highest BCUT2D eigenvalue weighted by atomic mass is 35.5. The number of ketones is 1. The molecule has 2 aromatic carbocycles. The maximum Gasteiger partial charge on any atom is 0.338 e. The average molecular weight is 441 g/mol. The topological polar surface area (TPSA) is 61.8 Å². The second-order valence-corrected chi connectivity index (χ2v) is 8.69. The molecule has 0 N–H and O–H groups in total. The van der Waals surface area contributed by atoms with Gasteiger partial charge < -0.3 is 14.2 Å². The van der Waals surface area contributed by atoms with Crippen molar-refractivity contribution in [3.05, 3.63) is 75.7 Å². The van der Waals surface area contributed by atoms with E-state index in [0.29, 0.717) is 35.6 Å². The Hall–Kier alpha value is -2.79. The smallest absolute Gasteiger partial charge is 0.338 e. The predicted molar refractivity (Wildman–Crippen MR) is 117 cm³/mol. The Balaban J connectivity index is 1.41. The Morgan fingerprint density at radius 1 is 1.10 bits per heavy atom. The van der Waals surface area contributed by atoms with Gasteiger partial charge in [-0.25, -0.2) is 4.79 Å². The van der Waals surface area contributed by atoms with E-state index >= 15 is 0 Å². The maximum atomic E-state index is 13.0. The van der Waals surface area contributed by atoms with E-state index in [1.54, 1.807) is 24.3 Å². The molecule has 1 aliphatic carbocycles. The highest BCUT2D eigenvalue weighted by molar-refractivity contribution is 6.32. The van der Waals surface area contributed by atoms with Gasteiger partial charge in [0.2, 0.25) is 11.5 Å². The quantitative estimate of drug-likeness (QED) is 0.589. The highest BCUT2D eigenvalue weighted by Gasteiger charge is 2.42. The van der Waals surface area contributed by atoms with Crippen molar-refractivity contribution in [2.24, 2.45) is 5.92 Å². The van der Waals surface area contributed by atoms with Crippen molar-refractivity contribution in [2.45, 2.75) is 52.2 Å². The van der Waals surface area contributed by atoms with Crippen LogP contribution in [0.2, 0.25) is 5.02 Å². The summed E-state index contributed by atoms with van der Waals surface area (Å²) in [6.45, 7) is 5.72. The molecule has 0 radical (unpaired) electrons. The molecule has 2 aliphatic rings. The number of benzene rings is 2. The molecule has 0 saturated heterocycles. The van der Waals surface area contributed by atoms with Crippen LogP contribution in [0.1, 0.15) is 46.3 Å². The molecule has 1 aliphatic heterocycles. The number of ether oxygens (including phenoxy) is 3. The molecule has 0 amide bonds. The van der Waals surface area contributed by atoms with E-state index in [9.17, 15) is 9.59 Å². The van der Waals surface area contributed by atoms with Crippen LogP contribution in [0.4, 0.5) is 0 Å². The summed E-state index contributed by atoms with van der Waals surface area (Å²) >= 11 is 6.21. The molecule has 3 atom stereocenters. The number of rotatable bonds is 4. The summed E-state index contributed by atoms with van der Waals surface area (Å²) < 4.78 is 17.4. The monoisotopic (exact) mass is 440 g/mol. The third kappa shape index (κ3) is 4.62. The zero-order valence-corrected chi connectivity index (χ0v) is 18.6. The van der Waals surface area contributed by atoms with Crippen molar-refractivity contribution in [3.8, 4) is 5.75 Å². The zero-order valence-electron chi connectivity index (χ0n) is 17.8. The maximum absolute atomic E-state index is 13.0. The highest BCUT2D eigenvalue weighted by Crippen LogP contribution is 2.36. The Morgan fingerprint density at radius 2 is 1.84 bits per heavy atom. The molecule has 0 bridgehead atoms. The van der Waals surface area contributed by atoms with Gasteiger partial charge in [0.05, 0.1) is 11.5 Å². The lowest BCUT2D eigenvalue weighted by Gasteiger charge is -2.36. The lowest BCUT2D eigenvalue weighted by atomic mass is 9.80. The zero-order chi connectivity index (χ0) is 22.1. The van der Waals surface area contributed by atoms with Gasteiger partial charge in [0, 0.05) is 11.4 Å². The summed E-state index contributed by atoms with van der Waals surface area (Å²) in [5.41, 5.74) is 3.31. The molecule has 5 nitrogen and oxygen atoms in total. The predicted octanol–water partition coefficient (Wildman–Crippen LogP) is 5.48. The lowest BCUT2D eigenvalue weighted by molar-refractivity contribution is -0.132. The van der Waals surface area contributed by atoms with Gasteiger partial charge >= 0.3 is 5.97 Å². The first-order valence-electron chi connectivity index (χ1n) is 10.4. The number of carbonyl (C=O) groups excluding carboxylic acids is 2. The Bertz CT molecular complexity index is 1030. The molecule has 2 aromatic rings. The van der Waals surface area contributed by atoms with Gasteiger partial charge in [0.1, 0.15) is 24.2 Å². The first kappa shape index (κ1) is 21.4. The van der Waals surface area contributed by atoms with Crippen molar-refractivity contribution < 1.29 is 23.8 Å². The fraction of sp³-hybridized carbons (Fsp3) is 0.360. The average Bonchev–Trinajstić information content (AvgIpc) is 2.74. The summed E-state index contributed by atoms with van der Waals surface area (Å²) in [7, 11) is 0. The van der Waals surface area contributed by atoms with Crippen LogP contribution in [0.15, 0.2) is 48.4 Å². The van der Waals surface area contributed by atoms with Gasteiger partial charge in [-0.3, -0.25) is 4.79 Å². The van der Waals surface area contributed by atoms with Crippen LogP contribution in [0.3, 0.4) is 0 Å². The van der Waals surface area contributed by atoms with E-state index in [1.807, 2.05) is 32.9 Å². The second-order valence-electron chi connectivity index (χ2n) is 8.31. The molecule has 6 heteroatoms. The molecule has 0 spiro atoms. The molecule has 31 heavy (non-hydrogen) atoms. The number of allylic oxidation sites excluding steroid dienone is 1. The van der Waals surface area contributed by atoms with Crippen molar-refractivity contribution in [2.75, 3.05) is 0 Å². The number of aryl methyl sites for hydroxylation is 3. The third-order valence-electron chi connectivity index (χ3n) is 5.84. The first-order valence-corrected chi connectivity index (χ1v) is 10.8. The molecule has 0 aromatic heterocycles. The van der Waals surface area contributed by atoms with E-state index in [0.717, 1.165) is 16.7 Å². The largest absolute Gasteiger partial charge is 0.493 e. The van der Waals surface area contributed by atoms with Crippen LogP contribution >= 0.6 is 11.6 Å². The van der Waals surface area contributed by atoms with Crippen LogP contribution in [-0.2, 0) is 14.3 Å². The van der Waals surface area contributed by atoms with Gasteiger partial charge in [-0.15, -0.1) is 0 Å². The van der Waals surface area contributed by atoms with E-state index < -0.39 is 0 Å². The number of Topliss-reactive ketones (excluding diaryl/α,β-unsaturated/α-hetero) is 1. The van der Waals surface area contributed by atoms with Crippen LogP contribution < -0.4 is 4.74 Å². The minimum atomic E-state index is -0.345. The standard InChI is InChI=1S/C25H25ClO5/c1-14-5-4-6-17(9-14)25(28)31-18-7-8-20-21(12-18)29-13-22(24(20)27)30-19-10-15(2)23(26)16(3)11-19/h4-6,9-11,13,18,20-21H,7-8,12H2,1-3H3. The van der Waals surface area contributed by atoms with Gasteiger partial charge in [-0.05, 0) is 69.0 Å². The van der Waals surface area contributed by atoms with E-state index in [-0.39, 0.29) is 35.6 Å². The molecular weight excluding hydrogens is 416 g/mol.